The molecule has 0 saturated carbocycles. The van der Waals surface area contributed by atoms with E-state index in [2.05, 4.69) is 10.3 Å². The van der Waals surface area contributed by atoms with Crippen LogP contribution in [0.3, 0.4) is 0 Å². The predicted octanol–water partition coefficient (Wildman–Crippen LogP) is 2.84. The monoisotopic (exact) mass is 273 g/mol. The Bertz CT molecular complexity index is 627. The summed E-state index contributed by atoms with van der Waals surface area (Å²) in [5, 5.41) is 4.61. The van der Waals surface area contributed by atoms with E-state index in [0.717, 1.165) is 16.3 Å². The summed E-state index contributed by atoms with van der Waals surface area (Å²) in [7, 11) is 0. The summed E-state index contributed by atoms with van der Waals surface area (Å²) >= 11 is 0. The van der Waals surface area contributed by atoms with Crippen molar-refractivity contribution in [2.45, 2.75) is 32.9 Å². The van der Waals surface area contributed by atoms with Crippen LogP contribution in [0.1, 0.15) is 26.3 Å². The molecule has 2 rings (SSSR count). The fourth-order valence-corrected chi connectivity index (χ4v) is 1.97. The average molecular weight is 273 g/mol. The molecule has 0 atom stereocenters. The van der Waals surface area contributed by atoms with E-state index in [1.807, 2.05) is 39.0 Å². The van der Waals surface area contributed by atoms with Crippen LogP contribution in [0.2, 0.25) is 0 Å². The molecular formula is C15H19N3O2. The van der Waals surface area contributed by atoms with E-state index < -0.39 is 11.7 Å². The van der Waals surface area contributed by atoms with E-state index in [0.29, 0.717) is 12.2 Å². The molecular weight excluding hydrogens is 254 g/mol. The molecule has 2 aromatic rings. The summed E-state index contributed by atoms with van der Waals surface area (Å²) in [6, 6.07) is 5.78. The maximum atomic E-state index is 11.7. The Kier molecular flexibility index (Phi) is 3.79. The molecule has 1 aromatic carbocycles. The number of carbonyl (C=O) groups excluding carboxylic acids is 1. The highest BCUT2D eigenvalue weighted by Gasteiger charge is 2.16. The minimum absolute atomic E-state index is 0.362. The first-order chi connectivity index (χ1) is 9.37. The zero-order chi connectivity index (χ0) is 14.8. The third-order valence-electron chi connectivity index (χ3n) is 2.72. The van der Waals surface area contributed by atoms with Crippen LogP contribution in [-0.4, -0.2) is 16.7 Å². The molecule has 1 heterocycles. The van der Waals surface area contributed by atoms with Crippen LogP contribution in [0.5, 0.6) is 0 Å². The van der Waals surface area contributed by atoms with Gasteiger partial charge in [0.1, 0.15) is 5.60 Å². The van der Waals surface area contributed by atoms with Crippen LogP contribution in [-0.2, 0) is 11.3 Å². The summed E-state index contributed by atoms with van der Waals surface area (Å²) in [5.74, 6) is 0. The van der Waals surface area contributed by atoms with E-state index in [-0.39, 0.29) is 0 Å². The predicted molar refractivity (Wildman–Crippen MR) is 79.2 cm³/mol. The largest absolute Gasteiger partial charge is 0.444 e. The van der Waals surface area contributed by atoms with Crippen LogP contribution < -0.4 is 11.1 Å². The van der Waals surface area contributed by atoms with Gasteiger partial charge in [0, 0.05) is 23.5 Å². The third-order valence-corrected chi connectivity index (χ3v) is 2.72. The van der Waals surface area contributed by atoms with Gasteiger partial charge in [0.25, 0.3) is 0 Å². The lowest BCUT2D eigenvalue weighted by molar-refractivity contribution is 0.0524. The number of nitrogen functional groups attached to an aromatic ring is 1. The molecule has 0 spiro atoms. The Labute approximate surface area is 118 Å². The zero-order valence-electron chi connectivity index (χ0n) is 11.9. The molecule has 0 unspecified atom stereocenters. The Morgan fingerprint density at radius 2 is 2.10 bits per heavy atom. The fourth-order valence-electron chi connectivity index (χ4n) is 1.97. The smallest absolute Gasteiger partial charge is 0.407 e. The van der Waals surface area contributed by atoms with Gasteiger partial charge in [0.05, 0.1) is 11.9 Å². The maximum Gasteiger partial charge on any atom is 0.407 e. The molecule has 0 saturated heterocycles. The number of fused-ring (bicyclic) bond motifs is 1. The molecule has 0 aliphatic heterocycles. The van der Waals surface area contributed by atoms with E-state index in [1.54, 1.807) is 12.4 Å². The first kappa shape index (κ1) is 14.1. The van der Waals surface area contributed by atoms with E-state index in [4.69, 9.17) is 10.5 Å². The van der Waals surface area contributed by atoms with Crippen LogP contribution in [0.15, 0.2) is 30.6 Å². The number of pyridine rings is 1. The van der Waals surface area contributed by atoms with Gasteiger partial charge in [0.2, 0.25) is 0 Å². The standard InChI is InChI=1S/C15H19N3O2/c1-15(2,3)20-14(19)18-8-11-6-4-5-10-7-17-9-12(16)13(10)11/h4-7,9H,8,16H2,1-3H3,(H,18,19). The summed E-state index contributed by atoms with van der Waals surface area (Å²) < 4.78 is 5.21. The number of benzene rings is 1. The highest BCUT2D eigenvalue weighted by molar-refractivity contribution is 5.94. The third kappa shape index (κ3) is 3.38. The van der Waals surface area contributed by atoms with Gasteiger partial charge < -0.3 is 15.8 Å². The number of hydrogen-bond donors (Lipinski definition) is 2. The Morgan fingerprint density at radius 1 is 1.35 bits per heavy atom. The molecule has 106 valence electrons. The minimum Gasteiger partial charge on any atom is -0.444 e. The van der Waals surface area contributed by atoms with Gasteiger partial charge >= 0.3 is 6.09 Å². The van der Waals surface area contributed by atoms with Gasteiger partial charge in [-0.05, 0) is 26.3 Å². The van der Waals surface area contributed by atoms with Crippen molar-refractivity contribution in [3.8, 4) is 0 Å². The normalized spacial score (nSPS) is 11.3. The number of ether oxygens (including phenoxy) is 1. The van der Waals surface area contributed by atoms with Crippen molar-refractivity contribution < 1.29 is 9.53 Å². The van der Waals surface area contributed by atoms with Crippen molar-refractivity contribution >= 4 is 22.6 Å². The maximum absolute atomic E-state index is 11.7. The first-order valence-corrected chi connectivity index (χ1v) is 6.45. The number of alkyl carbamates (subject to hydrolysis) is 1. The summed E-state index contributed by atoms with van der Waals surface area (Å²) in [6.45, 7) is 5.84. The number of hydrogen-bond acceptors (Lipinski definition) is 4. The number of amides is 1. The Morgan fingerprint density at radius 3 is 2.80 bits per heavy atom. The zero-order valence-corrected chi connectivity index (χ0v) is 11.9. The number of rotatable bonds is 2. The molecule has 0 aliphatic rings. The van der Waals surface area contributed by atoms with Crippen LogP contribution in [0, 0.1) is 0 Å². The summed E-state index contributed by atoms with van der Waals surface area (Å²) in [6.07, 6.45) is 2.92. The molecule has 1 amide bonds. The van der Waals surface area contributed by atoms with Crippen molar-refractivity contribution in [1.82, 2.24) is 10.3 Å². The van der Waals surface area contributed by atoms with Crippen LogP contribution in [0.4, 0.5) is 10.5 Å². The van der Waals surface area contributed by atoms with Crippen molar-refractivity contribution in [1.29, 1.82) is 0 Å². The highest BCUT2D eigenvalue weighted by Crippen LogP contribution is 2.23. The van der Waals surface area contributed by atoms with Crippen molar-refractivity contribution in [2.24, 2.45) is 0 Å². The van der Waals surface area contributed by atoms with Gasteiger partial charge in [-0.1, -0.05) is 18.2 Å². The Balaban J connectivity index is 2.17. The lowest BCUT2D eigenvalue weighted by Crippen LogP contribution is -2.32. The molecule has 0 aliphatic carbocycles. The molecule has 5 heteroatoms. The van der Waals surface area contributed by atoms with E-state index >= 15 is 0 Å². The van der Waals surface area contributed by atoms with E-state index in [9.17, 15) is 4.79 Å². The van der Waals surface area contributed by atoms with Gasteiger partial charge in [-0.3, -0.25) is 4.98 Å². The lowest BCUT2D eigenvalue weighted by atomic mass is 10.1. The molecule has 5 nitrogen and oxygen atoms in total. The first-order valence-electron chi connectivity index (χ1n) is 6.45. The summed E-state index contributed by atoms with van der Waals surface area (Å²) in [5.41, 5.74) is 6.99. The molecule has 0 bridgehead atoms. The van der Waals surface area contributed by atoms with Crippen molar-refractivity contribution in [2.75, 3.05) is 5.73 Å². The van der Waals surface area contributed by atoms with Crippen molar-refractivity contribution in [3.05, 3.63) is 36.2 Å². The van der Waals surface area contributed by atoms with Gasteiger partial charge in [0.15, 0.2) is 0 Å². The second-order valence-corrected chi connectivity index (χ2v) is 5.60. The van der Waals surface area contributed by atoms with Crippen LogP contribution in [0.25, 0.3) is 10.8 Å². The van der Waals surface area contributed by atoms with Gasteiger partial charge in [-0.25, -0.2) is 4.79 Å². The van der Waals surface area contributed by atoms with Gasteiger partial charge in [-0.15, -0.1) is 0 Å². The van der Waals surface area contributed by atoms with Crippen molar-refractivity contribution in [3.63, 3.8) is 0 Å². The summed E-state index contributed by atoms with van der Waals surface area (Å²) in [4.78, 5) is 15.7. The molecule has 20 heavy (non-hydrogen) atoms. The second-order valence-electron chi connectivity index (χ2n) is 5.60. The minimum atomic E-state index is -0.508. The molecule has 0 fully saturated rings. The van der Waals surface area contributed by atoms with Gasteiger partial charge in [-0.2, -0.15) is 0 Å². The lowest BCUT2D eigenvalue weighted by Gasteiger charge is -2.20. The fraction of sp³-hybridized carbons (Fsp3) is 0.333. The molecule has 3 N–H and O–H groups in total. The quantitative estimate of drug-likeness (QED) is 0.882. The number of nitrogens with one attached hydrogen (secondary N) is 1. The Hall–Kier alpha value is -2.30. The average Bonchev–Trinajstić information content (AvgIpc) is 2.34. The number of aromatic nitrogens is 1. The highest BCUT2D eigenvalue weighted by atomic mass is 16.6. The topological polar surface area (TPSA) is 77.2 Å². The number of carbonyl (C=O) groups is 1. The number of nitrogens with zero attached hydrogens (tertiary/aromatic N) is 1. The van der Waals surface area contributed by atoms with E-state index in [1.165, 1.54) is 0 Å². The molecule has 1 aromatic heterocycles. The number of anilines is 1. The molecule has 0 radical (unpaired) electrons. The number of nitrogens with two attached hydrogens (primary N) is 1. The second kappa shape index (κ2) is 5.36. The SMILES string of the molecule is CC(C)(C)OC(=O)NCc1cccc2cncc(N)c12. The van der Waals surface area contributed by atoms with Crippen LogP contribution >= 0.6 is 0 Å².